The van der Waals surface area contributed by atoms with Gasteiger partial charge in [0.2, 0.25) is 0 Å². The summed E-state index contributed by atoms with van der Waals surface area (Å²) >= 11 is 0. The summed E-state index contributed by atoms with van der Waals surface area (Å²) in [6.45, 7) is 2.22. The summed E-state index contributed by atoms with van der Waals surface area (Å²) in [6, 6.07) is 11.2. The van der Waals surface area contributed by atoms with Crippen molar-refractivity contribution in [3.05, 3.63) is 53.6 Å². The number of piperidine rings is 1. The maximum atomic E-state index is 13.0. The Morgan fingerprint density at radius 2 is 1.84 bits per heavy atom. The molecular weight excluding hydrogens is 432 g/mol. The van der Waals surface area contributed by atoms with Crippen molar-refractivity contribution in [2.75, 3.05) is 30.8 Å². The lowest BCUT2D eigenvalue weighted by Crippen LogP contribution is -2.40. The quantitative estimate of drug-likeness (QED) is 0.693. The van der Waals surface area contributed by atoms with Gasteiger partial charge in [0.05, 0.1) is 21.9 Å². The lowest BCUT2D eigenvalue weighted by atomic mass is 9.88. The summed E-state index contributed by atoms with van der Waals surface area (Å²) in [5.74, 6) is -0.459. The van der Waals surface area contributed by atoms with Crippen LogP contribution in [0, 0.1) is 5.92 Å². The highest BCUT2D eigenvalue weighted by Gasteiger charge is 2.31. The van der Waals surface area contributed by atoms with E-state index in [-0.39, 0.29) is 46.3 Å². The predicted molar refractivity (Wildman–Crippen MR) is 118 cm³/mol. The number of hydrogen-bond acceptors (Lipinski definition) is 6. The molecule has 32 heavy (non-hydrogen) atoms. The van der Waals surface area contributed by atoms with Gasteiger partial charge < -0.3 is 15.0 Å². The minimum absolute atomic E-state index is 0.0454. The van der Waals surface area contributed by atoms with E-state index in [1.54, 1.807) is 42.2 Å². The molecule has 0 spiro atoms. The molecule has 4 rings (SSSR count). The number of likely N-dealkylation sites (tertiary alicyclic amines) is 1. The maximum absolute atomic E-state index is 13.0. The maximum Gasteiger partial charge on any atom is 0.262 e. The van der Waals surface area contributed by atoms with Crippen molar-refractivity contribution in [2.24, 2.45) is 5.92 Å². The van der Waals surface area contributed by atoms with Gasteiger partial charge in [0.15, 0.2) is 22.2 Å². The Hall–Kier alpha value is -3.20. The third-order valence-electron chi connectivity index (χ3n) is 5.88. The van der Waals surface area contributed by atoms with Crippen LogP contribution in [0.25, 0.3) is 0 Å². The molecule has 8 nitrogen and oxygen atoms in total. The molecule has 2 aromatic rings. The molecule has 0 radical (unpaired) electrons. The minimum Gasteiger partial charge on any atom is -0.482 e. The molecule has 1 N–H and O–H groups in total. The van der Waals surface area contributed by atoms with Gasteiger partial charge in [-0.3, -0.25) is 14.4 Å². The van der Waals surface area contributed by atoms with E-state index in [1.165, 1.54) is 12.1 Å². The largest absolute Gasteiger partial charge is 0.482 e. The van der Waals surface area contributed by atoms with E-state index in [0.717, 1.165) is 0 Å². The van der Waals surface area contributed by atoms with E-state index in [0.29, 0.717) is 42.9 Å². The van der Waals surface area contributed by atoms with Crippen LogP contribution in [0.5, 0.6) is 5.75 Å². The van der Waals surface area contributed by atoms with Crippen LogP contribution in [0.4, 0.5) is 5.69 Å². The number of rotatable bonds is 5. The van der Waals surface area contributed by atoms with Crippen LogP contribution in [0.15, 0.2) is 47.4 Å². The Balaban J connectivity index is 1.45. The van der Waals surface area contributed by atoms with Crippen LogP contribution < -0.4 is 10.1 Å². The number of Topliss-reactive ketones (excluding diaryl/α,β-unsaturated/α-hetero) is 1. The standard InChI is InChI=1S/C23H24N2O6S/c1-2-32(29,30)20-6-4-3-5-17(20)23(28)25-11-9-15(10-12-25)22(27)16-7-8-19-18(13-16)24-21(26)14-31-19/h3-8,13,15H,2,9-12,14H2,1H3,(H,24,26). The Labute approximate surface area is 186 Å². The molecule has 2 heterocycles. The van der Waals surface area contributed by atoms with Crippen LogP contribution in [0.3, 0.4) is 0 Å². The molecule has 0 saturated carbocycles. The number of carbonyl (C=O) groups is 3. The van der Waals surface area contributed by atoms with Gasteiger partial charge in [0, 0.05) is 24.6 Å². The zero-order chi connectivity index (χ0) is 22.9. The number of anilines is 1. The van der Waals surface area contributed by atoms with Crippen LogP contribution in [-0.2, 0) is 14.6 Å². The Kier molecular flexibility index (Phi) is 6.01. The summed E-state index contributed by atoms with van der Waals surface area (Å²) in [7, 11) is -3.53. The highest BCUT2D eigenvalue weighted by Crippen LogP contribution is 2.31. The molecule has 0 aromatic heterocycles. The number of nitrogens with zero attached hydrogens (tertiary/aromatic N) is 1. The number of ether oxygens (including phenoxy) is 1. The van der Waals surface area contributed by atoms with E-state index in [9.17, 15) is 22.8 Å². The summed E-state index contributed by atoms with van der Waals surface area (Å²) in [6.07, 6.45) is 0.959. The number of sulfone groups is 1. The first-order chi connectivity index (χ1) is 15.3. The molecule has 9 heteroatoms. The molecule has 1 saturated heterocycles. The van der Waals surface area contributed by atoms with Crippen LogP contribution in [0.2, 0.25) is 0 Å². The Bertz CT molecular complexity index is 1180. The third-order valence-corrected chi connectivity index (χ3v) is 7.67. The number of carbonyl (C=O) groups excluding carboxylic acids is 3. The van der Waals surface area contributed by atoms with Gasteiger partial charge in [-0.15, -0.1) is 0 Å². The second-order valence-electron chi connectivity index (χ2n) is 7.88. The van der Waals surface area contributed by atoms with Crippen molar-refractivity contribution >= 4 is 33.1 Å². The summed E-state index contributed by atoms with van der Waals surface area (Å²) in [4.78, 5) is 39.2. The summed E-state index contributed by atoms with van der Waals surface area (Å²) in [5, 5.41) is 2.70. The monoisotopic (exact) mass is 456 g/mol. The lowest BCUT2D eigenvalue weighted by Gasteiger charge is -2.32. The first-order valence-electron chi connectivity index (χ1n) is 10.5. The van der Waals surface area contributed by atoms with Crippen molar-refractivity contribution in [1.82, 2.24) is 4.90 Å². The third kappa shape index (κ3) is 4.25. The smallest absolute Gasteiger partial charge is 0.262 e. The molecular formula is C23H24N2O6S. The minimum atomic E-state index is -3.53. The van der Waals surface area contributed by atoms with Crippen LogP contribution >= 0.6 is 0 Å². The van der Waals surface area contributed by atoms with Crippen molar-refractivity contribution in [1.29, 1.82) is 0 Å². The van der Waals surface area contributed by atoms with Crippen molar-refractivity contribution in [3.8, 4) is 5.75 Å². The first kappa shape index (κ1) is 22.0. The number of benzene rings is 2. The van der Waals surface area contributed by atoms with Gasteiger partial charge in [-0.05, 0) is 43.2 Å². The summed E-state index contributed by atoms with van der Waals surface area (Å²) in [5.41, 5.74) is 1.14. The zero-order valence-electron chi connectivity index (χ0n) is 17.7. The lowest BCUT2D eigenvalue weighted by molar-refractivity contribution is -0.118. The topological polar surface area (TPSA) is 110 Å². The van der Waals surface area contributed by atoms with Gasteiger partial charge >= 0.3 is 0 Å². The number of amides is 2. The van der Waals surface area contributed by atoms with E-state index in [4.69, 9.17) is 4.74 Å². The second kappa shape index (κ2) is 8.74. The van der Waals surface area contributed by atoms with Crippen molar-refractivity contribution in [2.45, 2.75) is 24.7 Å². The number of fused-ring (bicyclic) bond motifs is 1. The highest BCUT2D eigenvalue weighted by atomic mass is 32.2. The van der Waals surface area contributed by atoms with Gasteiger partial charge in [0.1, 0.15) is 5.75 Å². The molecule has 2 aromatic carbocycles. The number of nitrogens with one attached hydrogen (secondary N) is 1. The fraction of sp³-hybridized carbons (Fsp3) is 0.348. The molecule has 1 fully saturated rings. The van der Waals surface area contributed by atoms with Gasteiger partial charge in [-0.1, -0.05) is 19.1 Å². The molecule has 0 bridgehead atoms. The fourth-order valence-electron chi connectivity index (χ4n) is 4.06. The first-order valence-corrected chi connectivity index (χ1v) is 12.2. The van der Waals surface area contributed by atoms with E-state index in [2.05, 4.69) is 5.32 Å². The normalized spacial score (nSPS) is 16.7. The van der Waals surface area contributed by atoms with Gasteiger partial charge in [0.25, 0.3) is 11.8 Å². The SMILES string of the molecule is CCS(=O)(=O)c1ccccc1C(=O)N1CCC(C(=O)c2ccc3c(c2)NC(=O)CO3)CC1. The molecule has 2 aliphatic heterocycles. The number of ketones is 1. The van der Waals surface area contributed by atoms with Crippen LogP contribution in [-0.4, -0.2) is 56.4 Å². The highest BCUT2D eigenvalue weighted by molar-refractivity contribution is 7.91. The molecule has 0 atom stereocenters. The summed E-state index contributed by atoms with van der Waals surface area (Å²) < 4.78 is 30.1. The molecule has 0 aliphatic carbocycles. The van der Waals surface area contributed by atoms with Crippen LogP contribution in [0.1, 0.15) is 40.5 Å². The van der Waals surface area contributed by atoms with E-state index in [1.807, 2.05) is 0 Å². The average Bonchev–Trinajstić information content (AvgIpc) is 2.82. The zero-order valence-corrected chi connectivity index (χ0v) is 18.5. The molecule has 168 valence electrons. The van der Waals surface area contributed by atoms with E-state index >= 15 is 0 Å². The van der Waals surface area contributed by atoms with Crippen molar-refractivity contribution < 1.29 is 27.5 Å². The Morgan fingerprint density at radius 1 is 1.12 bits per heavy atom. The number of hydrogen-bond donors (Lipinski definition) is 1. The molecule has 0 unspecified atom stereocenters. The average molecular weight is 457 g/mol. The molecule has 2 amide bonds. The van der Waals surface area contributed by atoms with Gasteiger partial charge in [-0.2, -0.15) is 0 Å². The Morgan fingerprint density at radius 3 is 2.56 bits per heavy atom. The fourth-order valence-corrected chi connectivity index (χ4v) is 5.14. The van der Waals surface area contributed by atoms with Gasteiger partial charge in [-0.25, -0.2) is 8.42 Å². The van der Waals surface area contributed by atoms with Crippen molar-refractivity contribution in [3.63, 3.8) is 0 Å². The second-order valence-corrected chi connectivity index (χ2v) is 10.1. The van der Waals surface area contributed by atoms with E-state index < -0.39 is 9.84 Å². The molecule has 2 aliphatic rings. The predicted octanol–water partition coefficient (Wildman–Crippen LogP) is 2.55.